The first-order valence-corrected chi connectivity index (χ1v) is 6.94. The highest BCUT2D eigenvalue weighted by molar-refractivity contribution is 5.94. The van der Waals surface area contributed by atoms with Crippen molar-refractivity contribution in [2.75, 3.05) is 19.0 Å². The van der Waals surface area contributed by atoms with Gasteiger partial charge in [-0.15, -0.1) is 0 Å². The number of rotatable bonds is 5. The molecular formula is C15H20N2O4. The molecule has 1 aromatic rings. The fourth-order valence-corrected chi connectivity index (χ4v) is 2.29. The van der Waals surface area contributed by atoms with Crippen LogP contribution in [-0.2, 0) is 25.5 Å². The average molecular weight is 292 g/mol. The molecule has 0 spiro atoms. The first-order chi connectivity index (χ1) is 10.1. The summed E-state index contributed by atoms with van der Waals surface area (Å²) in [5.74, 6) is -0.496. The summed E-state index contributed by atoms with van der Waals surface area (Å²) in [5, 5.41) is 2.80. The number of carbonyl (C=O) groups excluding carboxylic acids is 2. The summed E-state index contributed by atoms with van der Waals surface area (Å²) in [6, 6.07) is 7.12. The normalized spacial score (nSPS) is 21.0. The molecule has 1 aliphatic rings. The van der Waals surface area contributed by atoms with Crippen LogP contribution >= 0.6 is 0 Å². The van der Waals surface area contributed by atoms with Gasteiger partial charge in [-0.25, -0.2) is 0 Å². The molecule has 2 atom stereocenters. The van der Waals surface area contributed by atoms with Gasteiger partial charge in [0, 0.05) is 12.2 Å². The third-order valence-corrected chi connectivity index (χ3v) is 3.43. The van der Waals surface area contributed by atoms with E-state index in [1.54, 1.807) is 18.2 Å². The minimum atomic E-state index is -0.456. The van der Waals surface area contributed by atoms with Crippen LogP contribution in [0.3, 0.4) is 0 Å². The summed E-state index contributed by atoms with van der Waals surface area (Å²) in [6.45, 7) is 0.429. The van der Waals surface area contributed by atoms with Gasteiger partial charge in [0.1, 0.15) is 6.10 Å². The van der Waals surface area contributed by atoms with Crippen molar-refractivity contribution in [1.29, 1.82) is 0 Å². The smallest absolute Gasteiger partial charge is 0.309 e. The van der Waals surface area contributed by atoms with E-state index in [2.05, 4.69) is 10.1 Å². The molecule has 0 saturated carbocycles. The van der Waals surface area contributed by atoms with Gasteiger partial charge < -0.3 is 20.5 Å². The summed E-state index contributed by atoms with van der Waals surface area (Å²) in [7, 11) is 1.35. The number of ether oxygens (including phenoxy) is 2. The Morgan fingerprint density at radius 1 is 1.43 bits per heavy atom. The van der Waals surface area contributed by atoms with Crippen LogP contribution < -0.4 is 11.1 Å². The molecule has 3 N–H and O–H groups in total. The second kappa shape index (κ2) is 7.19. The molecule has 0 radical (unpaired) electrons. The molecule has 0 aromatic heterocycles. The molecule has 1 saturated heterocycles. The van der Waals surface area contributed by atoms with Crippen LogP contribution in [0.2, 0.25) is 0 Å². The Balaban J connectivity index is 1.95. The maximum atomic E-state index is 12.1. The largest absolute Gasteiger partial charge is 0.469 e. The quantitative estimate of drug-likeness (QED) is 0.785. The van der Waals surface area contributed by atoms with E-state index in [1.165, 1.54) is 7.11 Å². The van der Waals surface area contributed by atoms with Crippen LogP contribution in [0.4, 0.5) is 5.69 Å². The highest BCUT2D eigenvalue weighted by Gasteiger charge is 2.29. The molecule has 1 aliphatic heterocycles. The number of hydrogen-bond donors (Lipinski definition) is 2. The zero-order valence-electron chi connectivity index (χ0n) is 12.0. The van der Waals surface area contributed by atoms with E-state index in [4.69, 9.17) is 10.5 Å². The van der Waals surface area contributed by atoms with Crippen molar-refractivity contribution in [2.24, 2.45) is 5.73 Å². The molecule has 1 amide bonds. The van der Waals surface area contributed by atoms with E-state index >= 15 is 0 Å². The lowest BCUT2D eigenvalue weighted by Crippen LogP contribution is -2.29. The molecule has 1 heterocycles. The molecule has 0 bridgehead atoms. The predicted molar refractivity (Wildman–Crippen MR) is 77.7 cm³/mol. The second-order valence-electron chi connectivity index (χ2n) is 5.00. The first kappa shape index (κ1) is 15.5. The van der Waals surface area contributed by atoms with E-state index in [1.807, 2.05) is 6.07 Å². The van der Waals surface area contributed by atoms with Gasteiger partial charge in [0.25, 0.3) is 5.91 Å². The molecular weight excluding hydrogens is 272 g/mol. The standard InChI is InChI=1S/C15H20N2O4/c1-20-14(18)8-10-3-2-4-11(7-10)17-15(19)13-6-5-12(9-16)21-13/h2-4,7,12-13H,5-6,8-9,16H2,1H3,(H,17,19)/t12-,13+/m1/s1. The Hall–Kier alpha value is -1.92. The minimum Gasteiger partial charge on any atom is -0.469 e. The minimum absolute atomic E-state index is 0.0357. The van der Waals surface area contributed by atoms with Gasteiger partial charge in [0.15, 0.2) is 0 Å². The molecule has 6 heteroatoms. The molecule has 21 heavy (non-hydrogen) atoms. The lowest BCUT2D eigenvalue weighted by Gasteiger charge is -2.13. The lowest BCUT2D eigenvalue weighted by atomic mass is 10.1. The Labute approximate surface area is 123 Å². The van der Waals surface area contributed by atoms with Gasteiger partial charge in [0.05, 0.1) is 19.6 Å². The van der Waals surface area contributed by atoms with Gasteiger partial charge in [-0.2, -0.15) is 0 Å². The van der Waals surface area contributed by atoms with E-state index in [0.29, 0.717) is 18.7 Å². The molecule has 1 fully saturated rings. The number of nitrogens with one attached hydrogen (secondary N) is 1. The fourth-order valence-electron chi connectivity index (χ4n) is 2.29. The summed E-state index contributed by atoms with van der Waals surface area (Å²) in [4.78, 5) is 23.3. The first-order valence-electron chi connectivity index (χ1n) is 6.94. The lowest BCUT2D eigenvalue weighted by molar-refractivity contribution is -0.139. The van der Waals surface area contributed by atoms with Crippen LogP contribution in [0.5, 0.6) is 0 Å². The molecule has 0 aliphatic carbocycles. The van der Waals surface area contributed by atoms with Crippen molar-refractivity contribution in [2.45, 2.75) is 31.5 Å². The fraction of sp³-hybridized carbons (Fsp3) is 0.467. The molecule has 6 nitrogen and oxygen atoms in total. The number of benzene rings is 1. The third kappa shape index (κ3) is 4.27. The zero-order chi connectivity index (χ0) is 15.2. The van der Waals surface area contributed by atoms with E-state index in [-0.39, 0.29) is 24.4 Å². The SMILES string of the molecule is COC(=O)Cc1cccc(NC(=O)[C@@H]2CC[C@H](CN)O2)c1. The molecule has 0 unspecified atom stereocenters. The maximum absolute atomic E-state index is 12.1. The van der Waals surface area contributed by atoms with Gasteiger partial charge in [-0.05, 0) is 30.5 Å². The van der Waals surface area contributed by atoms with Crippen LogP contribution in [-0.4, -0.2) is 37.7 Å². The van der Waals surface area contributed by atoms with E-state index in [9.17, 15) is 9.59 Å². The summed E-state index contributed by atoms with van der Waals surface area (Å²) >= 11 is 0. The number of hydrogen-bond acceptors (Lipinski definition) is 5. The number of esters is 1. The van der Waals surface area contributed by atoms with Gasteiger partial charge in [-0.1, -0.05) is 12.1 Å². The Morgan fingerprint density at radius 2 is 2.24 bits per heavy atom. The zero-order valence-corrected chi connectivity index (χ0v) is 12.0. The third-order valence-electron chi connectivity index (χ3n) is 3.43. The number of nitrogens with two attached hydrogens (primary N) is 1. The number of anilines is 1. The van der Waals surface area contributed by atoms with Crippen molar-refractivity contribution < 1.29 is 19.1 Å². The Morgan fingerprint density at radius 3 is 2.90 bits per heavy atom. The maximum Gasteiger partial charge on any atom is 0.309 e. The Kier molecular flexibility index (Phi) is 5.30. The molecule has 114 valence electrons. The number of methoxy groups -OCH3 is 1. The predicted octanol–water partition coefficient (Wildman–Crippen LogP) is 0.847. The Bertz CT molecular complexity index is 518. The van der Waals surface area contributed by atoms with E-state index in [0.717, 1.165) is 12.0 Å². The van der Waals surface area contributed by atoms with Crippen LogP contribution in [0.25, 0.3) is 0 Å². The molecule has 2 rings (SSSR count). The highest BCUT2D eigenvalue weighted by Crippen LogP contribution is 2.21. The van der Waals surface area contributed by atoms with Crippen molar-refractivity contribution in [3.63, 3.8) is 0 Å². The van der Waals surface area contributed by atoms with Crippen LogP contribution in [0, 0.1) is 0 Å². The van der Waals surface area contributed by atoms with Crippen LogP contribution in [0.15, 0.2) is 24.3 Å². The molecule has 1 aromatic carbocycles. The van der Waals surface area contributed by atoms with Crippen molar-refractivity contribution in [3.8, 4) is 0 Å². The number of carbonyl (C=O) groups is 2. The number of amides is 1. The van der Waals surface area contributed by atoms with Crippen molar-refractivity contribution >= 4 is 17.6 Å². The van der Waals surface area contributed by atoms with Crippen molar-refractivity contribution in [3.05, 3.63) is 29.8 Å². The van der Waals surface area contributed by atoms with E-state index < -0.39 is 6.10 Å². The summed E-state index contributed by atoms with van der Waals surface area (Å²) in [5.41, 5.74) is 6.95. The average Bonchev–Trinajstić information content (AvgIpc) is 2.96. The van der Waals surface area contributed by atoms with Gasteiger partial charge >= 0.3 is 5.97 Å². The van der Waals surface area contributed by atoms with Crippen molar-refractivity contribution in [1.82, 2.24) is 0 Å². The second-order valence-corrected chi connectivity index (χ2v) is 5.00. The van der Waals surface area contributed by atoms with Crippen LogP contribution in [0.1, 0.15) is 18.4 Å². The monoisotopic (exact) mass is 292 g/mol. The highest BCUT2D eigenvalue weighted by atomic mass is 16.5. The summed E-state index contributed by atoms with van der Waals surface area (Å²) in [6.07, 6.45) is 1.16. The van der Waals surface area contributed by atoms with Gasteiger partial charge in [-0.3, -0.25) is 9.59 Å². The van der Waals surface area contributed by atoms with Gasteiger partial charge in [0.2, 0.25) is 0 Å². The topological polar surface area (TPSA) is 90.7 Å². The summed E-state index contributed by atoms with van der Waals surface area (Å²) < 4.78 is 10.2.